The van der Waals surface area contributed by atoms with E-state index in [1.165, 1.54) is 0 Å². The molecule has 19 heavy (non-hydrogen) atoms. The summed E-state index contributed by atoms with van der Waals surface area (Å²) in [5.41, 5.74) is 0. The summed E-state index contributed by atoms with van der Waals surface area (Å²) in [5, 5.41) is 6.62. The van der Waals surface area contributed by atoms with Gasteiger partial charge in [-0.15, -0.1) is 0 Å². The van der Waals surface area contributed by atoms with Gasteiger partial charge in [-0.1, -0.05) is 0 Å². The SMILES string of the molecule is CC(=O)NC1CCC(N[C@@H](C)c2ccc(C)o2)CC1. The van der Waals surface area contributed by atoms with Crippen LogP contribution in [0.5, 0.6) is 0 Å². The smallest absolute Gasteiger partial charge is 0.217 e. The second kappa shape index (κ2) is 6.24. The number of rotatable bonds is 4. The predicted octanol–water partition coefficient (Wildman–Crippen LogP) is 2.69. The molecule has 2 N–H and O–H groups in total. The Morgan fingerprint density at radius 2 is 1.89 bits per heavy atom. The Morgan fingerprint density at radius 1 is 1.26 bits per heavy atom. The number of hydrogen-bond acceptors (Lipinski definition) is 3. The molecule has 1 aliphatic carbocycles. The summed E-state index contributed by atoms with van der Waals surface area (Å²) in [5.74, 6) is 2.04. The fraction of sp³-hybridized carbons (Fsp3) is 0.667. The molecule has 0 radical (unpaired) electrons. The first-order valence-corrected chi connectivity index (χ1v) is 7.14. The van der Waals surface area contributed by atoms with Crippen molar-refractivity contribution in [3.63, 3.8) is 0 Å². The van der Waals surface area contributed by atoms with Gasteiger partial charge < -0.3 is 15.1 Å². The van der Waals surface area contributed by atoms with Crippen LogP contribution in [0.2, 0.25) is 0 Å². The number of carbonyl (C=O) groups excluding carboxylic acids is 1. The number of furan rings is 1. The van der Waals surface area contributed by atoms with E-state index in [-0.39, 0.29) is 11.9 Å². The second-order valence-electron chi connectivity index (χ2n) is 5.59. The molecule has 0 aromatic carbocycles. The molecule has 1 amide bonds. The molecule has 4 nitrogen and oxygen atoms in total. The Kier molecular flexibility index (Phi) is 4.64. The molecule has 1 aromatic rings. The van der Waals surface area contributed by atoms with E-state index in [0.29, 0.717) is 12.1 Å². The fourth-order valence-corrected chi connectivity index (χ4v) is 2.81. The Labute approximate surface area is 114 Å². The fourth-order valence-electron chi connectivity index (χ4n) is 2.81. The van der Waals surface area contributed by atoms with Crippen LogP contribution in [-0.4, -0.2) is 18.0 Å². The van der Waals surface area contributed by atoms with E-state index in [1.807, 2.05) is 19.1 Å². The molecule has 0 aliphatic heterocycles. The van der Waals surface area contributed by atoms with Crippen molar-refractivity contribution in [1.29, 1.82) is 0 Å². The Balaban J connectivity index is 1.77. The molecule has 0 bridgehead atoms. The number of aryl methyl sites for hydroxylation is 1. The molecule has 4 heteroatoms. The van der Waals surface area contributed by atoms with E-state index in [1.54, 1.807) is 6.92 Å². The van der Waals surface area contributed by atoms with E-state index < -0.39 is 0 Å². The average Bonchev–Trinajstić information content (AvgIpc) is 2.78. The number of amides is 1. The molecule has 0 unspecified atom stereocenters. The maximum atomic E-state index is 11.0. The number of nitrogens with one attached hydrogen (secondary N) is 2. The molecule has 1 aromatic heterocycles. The molecule has 1 saturated carbocycles. The first kappa shape index (κ1) is 14.1. The van der Waals surface area contributed by atoms with Gasteiger partial charge in [-0.3, -0.25) is 4.79 Å². The van der Waals surface area contributed by atoms with Crippen molar-refractivity contribution in [2.75, 3.05) is 0 Å². The largest absolute Gasteiger partial charge is 0.465 e. The summed E-state index contributed by atoms with van der Waals surface area (Å²) in [6.07, 6.45) is 4.33. The van der Waals surface area contributed by atoms with Gasteiger partial charge in [0, 0.05) is 19.0 Å². The van der Waals surface area contributed by atoms with Crippen molar-refractivity contribution in [2.45, 2.75) is 64.6 Å². The van der Waals surface area contributed by atoms with Crippen molar-refractivity contribution < 1.29 is 9.21 Å². The van der Waals surface area contributed by atoms with Crippen LogP contribution in [0.4, 0.5) is 0 Å². The average molecular weight is 264 g/mol. The molecule has 1 atom stereocenters. The van der Waals surface area contributed by atoms with Crippen molar-refractivity contribution in [1.82, 2.24) is 10.6 Å². The van der Waals surface area contributed by atoms with Crippen LogP contribution in [0.25, 0.3) is 0 Å². The molecule has 1 fully saturated rings. The van der Waals surface area contributed by atoms with Crippen molar-refractivity contribution in [3.05, 3.63) is 23.7 Å². The van der Waals surface area contributed by atoms with Gasteiger partial charge >= 0.3 is 0 Å². The van der Waals surface area contributed by atoms with E-state index in [0.717, 1.165) is 37.2 Å². The zero-order valence-corrected chi connectivity index (χ0v) is 12.0. The van der Waals surface area contributed by atoms with Gasteiger partial charge in [0.1, 0.15) is 11.5 Å². The molecule has 1 aliphatic rings. The van der Waals surface area contributed by atoms with E-state index in [9.17, 15) is 4.79 Å². The van der Waals surface area contributed by atoms with Crippen LogP contribution in [-0.2, 0) is 4.79 Å². The normalized spacial score (nSPS) is 25.0. The van der Waals surface area contributed by atoms with Crippen LogP contribution < -0.4 is 10.6 Å². The van der Waals surface area contributed by atoms with Crippen molar-refractivity contribution >= 4 is 5.91 Å². The lowest BCUT2D eigenvalue weighted by Crippen LogP contribution is -2.42. The van der Waals surface area contributed by atoms with Crippen LogP contribution in [0.1, 0.15) is 57.1 Å². The molecular weight excluding hydrogens is 240 g/mol. The van der Waals surface area contributed by atoms with E-state index >= 15 is 0 Å². The van der Waals surface area contributed by atoms with Gasteiger partial charge in [0.15, 0.2) is 0 Å². The lowest BCUT2D eigenvalue weighted by molar-refractivity contribution is -0.119. The van der Waals surface area contributed by atoms with Crippen LogP contribution in [0.15, 0.2) is 16.5 Å². The lowest BCUT2D eigenvalue weighted by Gasteiger charge is -2.31. The van der Waals surface area contributed by atoms with Gasteiger partial charge in [-0.25, -0.2) is 0 Å². The zero-order valence-electron chi connectivity index (χ0n) is 12.0. The monoisotopic (exact) mass is 264 g/mol. The maximum absolute atomic E-state index is 11.0. The quantitative estimate of drug-likeness (QED) is 0.879. The number of carbonyl (C=O) groups is 1. The summed E-state index contributed by atoms with van der Waals surface area (Å²) in [4.78, 5) is 11.0. The standard InChI is InChI=1S/C15H24N2O2/c1-10-4-9-15(19-10)11(2)16-13-5-7-14(8-6-13)17-12(3)18/h4,9,11,13-14,16H,5-8H2,1-3H3,(H,17,18)/t11-,13?,14?/m0/s1. The Bertz CT molecular complexity index is 420. The second-order valence-corrected chi connectivity index (χ2v) is 5.59. The molecule has 1 heterocycles. The minimum absolute atomic E-state index is 0.0795. The molecular formula is C15H24N2O2. The summed E-state index contributed by atoms with van der Waals surface area (Å²) >= 11 is 0. The highest BCUT2D eigenvalue weighted by atomic mass is 16.3. The topological polar surface area (TPSA) is 54.3 Å². The highest BCUT2D eigenvalue weighted by molar-refractivity contribution is 5.73. The Morgan fingerprint density at radius 3 is 2.42 bits per heavy atom. The van der Waals surface area contributed by atoms with Gasteiger partial charge in [-0.2, -0.15) is 0 Å². The number of hydrogen-bond donors (Lipinski definition) is 2. The molecule has 2 rings (SSSR count). The summed E-state index contributed by atoms with van der Waals surface area (Å²) in [6, 6.07) is 5.16. The summed E-state index contributed by atoms with van der Waals surface area (Å²) in [7, 11) is 0. The predicted molar refractivity (Wildman–Crippen MR) is 74.9 cm³/mol. The van der Waals surface area contributed by atoms with Crippen LogP contribution in [0.3, 0.4) is 0 Å². The van der Waals surface area contributed by atoms with Crippen LogP contribution in [0, 0.1) is 6.92 Å². The van der Waals surface area contributed by atoms with E-state index in [4.69, 9.17) is 4.42 Å². The Hall–Kier alpha value is -1.29. The zero-order chi connectivity index (χ0) is 13.8. The minimum Gasteiger partial charge on any atom is -0.465 e. The lowest BCUT2D eigenvalue weighted by atomic mass is 9.90. The minimum atomic E-state index is 0.0795. The third-order valence-corrected chi connectivity index (χ3v) is 3.81. The van der Waals surface area contributed by atoms with Gasteiger partial charge in [0.2, 0.25) is 5.91 Å². The highest BCUT2D eigenvalue weighted by Crippen LogP contribution is 2.23. The summed E-state index contributed by atoms with van der Waals surface area (Å²) < 4.78 is 5.64. The third-order valence-electron chi connectivity index (χ3n) is 3.81. The first-order valence-electron chi connectivity index (χ1n) is 7.14. The molecule has 0 saturated heterocycles. The molecule has 106 valence electrons. The van der Waals surface area contributed by atoms with E-state index in [2.05, 4.69) is 17.6 Å². The first-order chi connectivity index (χ1) is 9.04. The van der Waals surface area contributed by atoms with Gasteiger partial charge in [-0.05, 0) is 51.7 Å². The molecule has 0 spiro atoms. The van der Waals surface area contributed by atoms with Crippen molar-refractivity contribution in [2.24, 2.45) is 0 Å². The van der Waals surface area contributed by atoms with Gasteiger partial charge in [0.25, 0.3) is 0 Å². The van der Waals surface area contributed by atoms with Crippen molar-refractivity contribution in [3.8, 4) is 0 Å². The van der Waals surface area contributed by atoms with Crippen LogP contribution >= 0.6 is 0 Å². The summed E-state index contributed by atoms with van der Waals surface area (Å²) in [6.45, 7) is 5.69. The van der Waals surface area contributed by atoms with Gasteiger partial charge in [0.05, 0.1) is 6.04 Å². The third kappa shape index (κ3) is 4.10. The highest BCUT2D eigenvalue weighted by Gasteiger charge is 2.23. The maximum Gasteiger partial charge on any atom is 0.217 e.